The predicted molar refractivity (Wildman–Crippen MR) is 121 cm³/mol. The topological polar surface area (TPSA) is 45.1 Å². The van der Waals surface area contributed by atoms with Crippen LogP contribution in [0.2, 0.25) is 0 Å². The van der Waals surface area contributed by atoms with Crippen molar-refractivity contribution in [2.24, 2.45) is 10.4 Å². The molecule has 0 unspecified atom stereocenters. The van der Waals surface area contributed by atoms with Crippen LogP contribution in [0.15, 0.2) is 47.5 Å². The molecule has 2 aliphatic rings. The Morgan fingerprint density at radius 2 is 1.82 bits per heavy atom. The first-order valence-electron chi connectivity index (χ1n) is 11.0. The molecule has 0 saturated carbocycles. The molecule has 8 heteroatoms. The number of aliphatic imine (C=N–C) groups is 1. The van der Waals surface area contributed by atoms with Gasteiger partial charge in [-0.05, 0) is 42.7 Å². The van der Waals surface area contributed by atoms with Crippen molar-refractivity contribution in [2.75, 3.05) is 19.6 Å². The molecule has 5 nitrogen and oxygen atoms in total. The highest BCUT2D eigenvalue weighted by molar-refractivity contribution is 6.04. The highest BCUT2D eigenvalue weighted by Gasteiger charge is 2.34. The van der Waals surface area contributed by atoms with Gasteiger partial charge >= 0.3 is 6.18 Å². The van der Waals surface area contributed by atoms with E-state index in [1.165, 1.54) is 6.07 Å². The minimum atomic E-state index is -4.47. The number of rotatable bonds is 1. The maximum atomic E-state index is 13.2. The fraction of sp³-hybridized carbons (Fsp3) is 0.440. The number of ether oxygens (including phenoxy) is 1. The number of carbonyl (C=O) groups is 1. The van der Waals surface area contributed by atoms with E-state index in [-0.39, 0.29) is 23.1 Å². The van der Waals surface area contributed by atoms with Crippen molar-refractivity contribution in [3.8, 4) is 11.5 Å². The number of hydrogen-bond donors (Lipinski definition) is 0. The van der Waals surface area contributed by atoms with Gasteiger partial charge in [-0.25, -0.2) is 4.99 Å². The van der Waals surface area contributed by atoms with Crippen LogP contribution in [0.1, 0.15) is 45.2 Å². The molecular weight excluding hydrogens is 431 g/mol. The molecule has 2 heterocycles. The number of benzene rings is 2. The molecule has 1 amide bonds. The zero-order chi connectivity index (χ0) is 24.0. The van der Waals surface area contributed by atoms with Gasteiger partial charge < -0.3 is 14.5 Å². The van der Waals surface area contributed by atoms with Crippen LogP contribution in [0.25, 0.3) is 0 Å². The van der Waals surface area contributed by atoms with E-state index in [0.29, 0.717) is 48.9 Å². The van der Waals surface area contributed by atoms with E-state index < -0.39 is 11.7 Å². The first-order valence-corrected chi connectivity index (χ1v) is 11.0. The van der Waals surface area contributed by atoms with Gasteiger partial charge in [-0.15, -0.1) is 0 Å². The van der Waals surface area contributed by atoms with Crippen molar-refractivity contribution in [3.63, 3.8) is 0 Å². The zero-order valence-electron chi connectivity index (χ0n) is 19.2. The summed E-state index contributed by atoms with van der Waals surface area (Å²) in [6.07, 6.45) is -3.99. The monoisotopic (exact) mass is 459 g/mol. The lowest BCUT2D eigenvalue weighted by atomic mass is 9.91. The van der Waals surface area contributed by atoms with E-state index in [9.17, 15) is 18.0 Å². The first kappa shape index (κ1) is 23.1. The Morgan fingerprint density at radius 1 is 1.09 bits per heavy atom. The average Bonchev–Trinajstić information content (AvgIpc) is 2.87. The number of amidine groups is 1. The summed E-state index contributed by atoms with van der Waals surface area (Å²) < 4.78 is 45.6. The second kappa shape index (κ2) is 8.39. The lowest BCUT2D eigenvalue weighted by Gasteiger charge is -2.42. The van der Waals surface area contributed by atoms with Crippen LogP contribution >= 0.6 is 0 Å². The molecule has 1 atom stereocenters. The second-order valence-electron chi connectivity index (χ2n) is 9.83. The van der Waals surface area contributed by atoms with Crippen molar-refractivity contribution in [1.82, 2.24) is 9.80 Å². The Kier molecular flexibility index (Phi) is 5.88. The van der Waals surface area contributed by atoms with Crippen molar-refractivity contribution in [2.45, 2.75) is 46.3 Å². The van der Waals surface area contributed by atoms with Crippen LogP contribution in [-0.4, -0.2) is 47.2 Å². The van der Waals surface area contributed by atoms with Crippen molar-refractivity contribution >= 4 is 17.4 Å². The molecule has 0 aromatic heterocycles. The van der Waals surface area contributed by atoms with E-state index in [4.69, 9.17) is 9.73 Å². The summed E-state index contributed by atoms with van der Waals surface area (Å²) in [6, 6.07) is 10.5. The van der Waals surface area contributed by atoms with Gasteiger partial charge in [-0.3, -0.25) is 4.79 Å². The third kappa shape index (κ3) is 4.99. The first-order chi connectivity index (χ1) is 15.4. The van der Waals surface area contributed by atoms with Crippen LogP contribution in [0.5, 0.6) is 11.5 Å². The van der Waals surface area contributed by atoms with Gasteiger partial charge in [0, 0.05) is 32.1 Å². The quantitative estimate of drug-likeness (QED) is 0.537. The number of alkyl halides is 3. The summed E-state index contributed by atoms with van der Waals surface area (Å²) in [4.78, 5) is 21.5. The SMILES string of the molecule is C[C@H]1CN(C2=Nc3ccc(C(F)(F)F)cc3Oc3ccccc32)CCN1C(=O)CC(C)(C)C. The fourth-order valence-electron chi connectivity index (χ4n) is 4.21. The number of amides is 1. The Morgan fingerprint density at radius 3 is 2.48 bits per heavy atom. The zero-order valence-corrected chi connectivity index (χ0v) is 19.2. The summed E-state index contributed by atoms with van der Waals surface area (Å²) in [7, 11) is 0. The third-order valence-corrected chi connectivity index (χ3v) is 5.79. The molecule has 0 spiro atoms. The largest absolute Gasteiger partial charge is 0.454 e. The number of halogens is 3. The third-order valence-electron chi connectivity index (χ3n) is 5.79. The highest BCUT2D eigenvalue weighted by Crippen LogP contribution is 2.42. The second-order valence-corrected chi connectivity index (χ2v) is 9.83. The lowest BCUT2D eigenvalue weighted by molar-refractivity contribution is -0.138. The van der Waals surface area contributed by atoms with E-state index in [1.807, 2.05) is 44.7 Å². The van der Waals surface area contributed by atoms with Gasteiger partial charge in [-0.2, -0.15) is 13.2 Å². The summed E-state index contributed by atoms with van der Waals surface area (Å²) in [5.41, 5.74) is 0.183. The number of piperazine rings is 1. The molecule has 4 rings (SSSR count). The maximum absolute atomic E-state index is 13.2. The van der Waals surface area contributed by atoms with Gasteiger partial charge in [0.05, 0.1) is 11.1 Å². The molecule has 1 saturated heterocycles. The Hall–Kier alpha value is -3.03. The van der Waals surface area contributed by atoms with E-state index in [1.54, 1.807) is 12.1 Å². The number of carbonyl (C=O) groups excluding carboxylic acids is 1. The molecule has 0 radical (unpaired) electrons. The van der Waals surface area contributed by atoms with Crippen LogP contribution in [0.4, 0.5) is 18.9 Å². The molecule has 1 fully saturated rings. The van der Waals surface area contributed by atoms with Crippen molar-refractivity contribution < 1.29 is 22.7 Å². The van der Waals surface area contributed by atoms with Crippen LogP contribution in [0, 0.1) is 5.41 Å². The van der Waals surface area contributed by atoms with Gasteiger partial charge in [0.15, 0.2) is 5.75 Å². The number of nitrogens with zero attached hydrogens (tertiary/aromatic N) is 3. The molecular formula is C25H28F3N3O2. The molecule has 2 aromatic carbocycles. The summed E-state index contributed by atoms with van der Waals surface area (Å²) in [5.74, 6) is 1.29. The Balaban J connectivity index is 1.66. The van der Waals surface area contributed by atoms with Crippen LogP contribution in [-0.2, 0) is 11.0 Å². The number of para-hydroxylation sites is 1. The summed E-state index contributed by atoms with van der Waals surface area (Å²) >= 11 is 0. The standard InChI is InChI=1S/C25H28F3N3O2/c1-16-15-30(11-12-31(16)22(32)14-24(2,3)4)23-18-7-5-6-8-20(18)33-21-13-17(25(26,27)28)9-10-19(21)29-23/h5-10,13,16H,11-12,14-15H2,1-4H3/t16-/m0/s1. The van der Waals surface area contributed by atoms with E-state index >= 15 is 0 Å². The number of hydrogen-bond acceptors (Lipinski definition) is 4. The van der Waals surface area contributed by atoms with Gasteiger partial charge in [0.2, 0.25) is 5.91 Å². The summed E-state index contributed by atoms with van der Waals surface area (Å²) in [5, 5.41) is 0. The molecule has 2 aliphatic heterocycles. The predicted octanol–water partition coefficient (Wildman–Crippen LogP) is 5.86. The van der Waals surface area contributed by atoms with E-state index in [2.05, 4.69) is 4.90 Å². The molecule has 0 N–H and O–H groups in total. The Bertz CT molecular complexity index is 1090. The van der Waals surface area contributed by atoms with Crippen molar-refractivity contribution in [1.29, 1.82) is 0 Å². The van der Waals surface area contributed by atoms with Gasteiger partial charge in [0.1, 0.15) is 17.3 Å². The van der Waals surface area contributed by atoms with Gasteiger partial charge in [0.25, 0.3) is 0 Å². The smallest absolute Gasteiger partial charge is 0.416 e. The maximum Gasteiger partial charge on any atom is 0.416 e. The average molecular weight is 460 g/mol. The lowest BCUT2D eigenvalue weighted by Crippen LogP contribution is -2.56. The number of fused-ring (bicyclic) bond motifs is 2. The molecule has 0 bridgehead atoms. The minimum Gasteiger partial charge on any atom is -0.454 e. The Labute approximate surface area is 191 Å². The van der Waals surface area contributed by atoms with E-state index in [0.717, 1.165) is 12.1 Å². The molecule has 33 heavy (non-hydrogen) atoms. The fourth-order valence-corrected chi connectivity index (χ4v) is 4.21. The minimum absolute atomic E-state index is 0.0280. The molecule has 2 aromatic rings. The molecule has 0 aliphatic carbocycles. The summed E-state index contributed by atoms with van der Waals surface area (Å²) in [6.45, 7) is 9.84. The van der Waals surface area contributed by atoms with Gasteiger partial charge in [-0.1, -0.05) is 32.9 Å². The highest BCUT2D eigenvalue weighted by atomic mass is 19.4. The molecule has 176 valence electrons. The van der Waals surface area contributed by atoms with Crippen LogP contribution in [0.3, 0.4) is 0 Å². The van der Waals surface area contributed by atoms with Crippen molar-refractivity contribution in [3.05, 3.63) is 53.6 Å². The van der Waals surface area contributed by atoms with Crippen LogP contribution < -0.4 is 4.74 Å². The normalized spacial score (nSPS) is 18.6.